The Balaban J connectivity index is 2.24. The molecule has 1 nitrogen and oxygen atoms in total. The SMILES string of the molecule is Brc1ccccc1Cc1cscn1. The summed E-state index contributed by atoms with van der Waals surface area (Å²) in [5.74, 6) is 0. The van der Waals surface area contributed by atoms with Gasteiger partial charge in [0.1, 0.15) is 0 Å². The number of halogens is 1. The summed E-state index contributed by atoms with van der Waals surface area (Å²) in [6.45, 7) is 0. The van der Waals surface area contributed by atoms with Crippen LogP contribution in [0.1, 0.15) is 11.3 Å². The summed E-state index contributed by atoms with van der Waals surface area (Å²) in [6, 6.07) is 8.24. The molecule has 1 aromatic carbocycles. The minimum atomic E-state index is 0.908. The van der Waals surface area contributed by atoms with Crippen LogP contribution in [0, 0.1) is 0 Å². The molecule has 0 amide bonds. The van der Waals surface area contributed by atoms with Gasteiger partial charge in [-0.2, -0.15) is 0 Å². The van der Waals surface area contributed by atoms with Crippen LogP contribution in [0.4, 0.5) is 0 Å². The highest BCUT2D eigenvalue weighted by atomic mass is 79.9. The Morgan fingerprint density at radius 3 is 2.85 bits per heavy atom. The van der Waals surface area contributed by atoms with Crippen molar-refractivity contribution in [1.82, 2.24) is 4.98 Å². The first-order valence-electron chi connectivity index (χ1n) is 3.97. The Hall–Kier alpha value is -0.670. The maximum atomic E-state index is 4.25. The van der Waals surface area contributed by atoms with Crippen LogP contribution >= 0.6 is 27.3 Å². The fourth-order valence-corrected chi connectivity index (χ4v) is 2.15. The number of thiazole rings is 1. The topological polar surface area (TPSA) is 12.9 Å². The number of rotatable bonds is 2. The Morgan fingerprint density at radius 1 is 1.31 bits per heavy atom. The van der Waals surface area contributed by atoms with Crippen molar-refractivity contribution in [3.63, 3.8) is 0 Å². The lowest BCUT2D eigenvalue weighted by Gasteiger charge is -2.00. The summed E-state index contributed by atoms with van der Waals surface area (Å²) >= 11 is 5.16. The van der Waals surface area contributed by atoms with Gasteiger partial charge in [0.25, 0.3) is 0 Å². The summed E-state index contributed by atoms with van der Waals surface area (Å²) < 4.78 is 1.16. The van der Waals surface area contributed by atoms with Crippen LogP contribution in [0.25, 0.3) is 0 Å². The van der Waals surface area contributed by atoms with Gasteiger partial charge in [0.15, 0.2) is 0 Å². The lowest BCUT2D eigenvalue weighted by molar-refractivity contribution is 1.10. The van der Waals surface area contributed by atoms with Crippen molar-refractivity contribution < 1.29 is 0 Å². The zero-order chi connectivity index (χ0) is 9.10. The van der Waals surface area contributed by atoms with Gasteiger partial charge >= 0.3 is 0 Å². The van der Waals surface area contributed by atoms with Crippen molar-refractivity contribution in [2.24, 2.45) is 0 Å². The van der Waals surface area contributed by atoms with E-state index in [-0.39, 0.29) is 0 Å². The van der Waals surface area contributed by atoms with E-state index in [1.54, 1.807) is 11.3 Å². The first kappa shape index (κ1) is 8.91. The zero-order valence-electron chi connectivity index (χ0n) is 6.90. The van der Waals surface area contributed by atoms with E-state index in [9.17, 15) is 0 Å². The average Bonchev–Trinajstić information content (AvgIpc) is 2.61. The van der Waals surface area contributed by atoms with Crippen LogP contribution in [-0.4, -0.2) is 4.98 Å². The molecule has 0 unspecified atom stereocenters. The quantitative estimate of drug-likeness (QED) is 0.799. The van der Waals surface area contributed by atoms with Gasteiger partial charge < -0.3 is 0 Å². The lowest BCUT2D eigenvalue weighted by atomic mass is 10.1. The zero-order valence-corrected chi connectivity index (χ0v) is 9.31. The van der Waals surface area contributed by atoms with Crippen molar-refractivity contribution in [1.29, 1.82) is 0 Å². The first-order chi connectivity index (χ1) is 6.36. The van der Waals surface area contributed by atoms with E-state index in [4.69, 9.17) is 0 Å². The second kappa shape index (κ2) is 4.03. The molecule has 0 aliphatic heterocycles. The molecular formula is C10H8BrNS. The van der Waals surface area contributed by atoms with E-state index >= 15 is 0 Å². The summed E-state index contributed by atoms with van der Waals surface area (Å²) in [7, 11) is 0. The molecule has 0 aliphatic carbocycles. The van der Waals surface area contributed by atoms with Crippen molar-refractivity contribution in [2.45, 2.75) is 6.42 Å². The third-order valence-electron chi connectivity index (χ3n) is 1.81. The number of hydrogen-bond donors (Lipinski definition) is 0. The molecule has 0 saturated carbocycles. The van der Waals surface area contributed by atoms with Gasteiger partial charge in [-0.25, -0.2) is 4.98 Å². The van der Waals surface area contributed by atoms with Gasteiger partial charge in [-0.3, -0.25) is 0 Å². The molecule has 0 atom stereocenters. The van der Waals surface area contributed by atoms with E-state index in [2.05, 4.69) is 38.4 Å². The molecule has 0 radical (unpaired) electrons. The lowest BCUT2D eigenvalue weighted by Crippen LogP contribution is -1.88. The van der Waals surface area contributed by atoms with E-state index in [0.717, 1.165) is 16.6 Å². The smallest absolute Gasteiger partial charge is 0.0794 e. The highest BCUT2D eigenvalue weighted by Gasteiger charge is 2.00. The van der Waals surface area contributed by atoms with E-state index in [0.29, 0.717) is 0 Å². The average molecular weight is 254 g/mol. The standard InChI is InChI=1S/C10H8BrNS/c11-10-4-2-1-3-8(10)5-9-6-13-7-12-9/h1-4,6-7H,5H2. The Bertz CT molecular complexity index is 384. The number of hydrogen-bond acceptors (Lipinski definition) is 2. The van der Waals surface area contributed by atoms with Crippen molar-refractivity contribution >= 4 is 27.3 Å². The maximum Gasteiger partial charge on any atom is 0.0794 e. The molecule has 2 aromatic rings. The molecule has 0 fully saturated rings. The molecule has 1 aromatic heterocycles. The molecule has 0 aliphatic rings. The van der Waals surface area contributed by atoms with Crippen LogP contribution < -0.4 is 0 Å². The maximum absolute atomic E-state index is 4.25. The van der Waals surface area contributed by atoms with Gasteiger partial charge in [0.2, 0.25) is 0 Å². The van der Waals surface area contributed by atoms with Gasteiger partial charge in [-0.05, 0) is 11.6 Å². The monoisotopic (exact) mass is 253 g/mol. The molecule has 2 rings (SSSR count). The van der Waals surface area contributed by atoms with Gasteiger partial charge in [0.05, 0.1) is 11.2 Å². The normalized spacial score (nSPS) is 10.2. The molecule has 13 heavy (non-hydrogen) atoms. The Labute approximate surface area is 89.6 Å². The predicted octanol–water partition coefficient (Wildman–Crippen LogP) is 3.50. The van der Waals surface area contributed by atoms with Gasteiger partial charge in [-0.15, -0.1) is 11.3 Å². The largest absolute Gasteiger partial charge is 0.249 e. The third-order valence-corrected chi connectivity index (χ3v) is 3.22. The fraction of sp³-hybridized carbons (Fsp3) is 0.100. The van der Waals surface area contributed by atoms with Crippen LogP contribution in [0.5, 0.6) is 0 Å². The molecule has 3 heteroatoms. The van der Waals surface area contributed by atoms with Crippen LogP contribution in [0.15, 0.2) is 39.6 Å². The Morgan fingerprint density at radius 2 is 2.15 bits per heavy atom. The van der Waals surface area contributed by atoms with Crippen molar-refractivity contribution in [3.8, 4) is 0 Å². The second-order valence-electron chi connectivity index (χ2n) is 2.75. The van der Waals surface area contributed by atoms with E-state index < -0.39 is 0 Å². The molecule has 66 valence electrons. The summed E-state index contributed by atoms with van der Waals surface area (Å²) in [5.41, 5.74) is 4.29. The van der Waals surface area contributed by atoms with E-state index in [1.807, 2.05) is 17.6 Å². The van der Waals surface area contributed by atoms with E-state index in [1.165, 1.54) is 5.56 Å². The minimum absolute atomic E-state index is 0.908. The highest BCUT2D eigenvalue weighted by Crippen LogP contribution is 2.19. The summed E-state index contributed by atoms with van der Waals surface area (Å²) in [6.07, 6.45) is 0.908. The first-order valence-corrected chi connectivity index (χ1v) is 5.70. The van der Waals surface area contributed by atoms with Crippen LogP contribution in [0.2, 0.25) is 0 Å². The number of benzene rings is 1. The fourth-order valence-electron chi connectivity index (χ4n) is 1.16. The molecule has 0 N–H and O–H groups in total. The van der Waals surface area contributed by atoms with Gasteiger partial charge in [-0.1, -0.05) is 34.1 Å². The van der Waals surface area contributed by atoms with Crippen molar-refractivity contribution in [3.05, 3.63) is 50.9 Å². The number of nitrogens with zero attached hydrogens (tertiary/aromatic N) is 1. The highest BCUT2D eigenvalue weighted by molar-refractivity contribution is 9.10. The second-order valence-corrected chi connectivity index (χ2v) is 4.32. The molecule has 0 spiro atoms. The molecule has 0 saturated heterocycles. The van der Waals surface area contributed by atoms with Crippen LogP contribution in [0.3, 0.4) is 0 Å². The number of aromatic nitrogens is 1. The molecular weight excluding hydrogens is 246 g/mol. The summed E-state index contributed by atoms with van der Waals surface area (Å²) in [4.78, 5) is 4.25. The predicted molar refractivity (Wildman–Crippen MR) is 59.1 cm³/mol. The Kier molecular flexibility index (Phi) is 2.76. The third kappa shape index (κ3) is 2.17. The summed E-state index contributed by atoms with van der Waals surface area (Å²) in [5, 5.41) is 2.08. The van der Waals surface area contributed by atoms with Crippen LogP contribution in [-0.2, 0) is 6.42 Å². The molecule has 0 bridgehead atoms. The van der Waals surface area contributed by atoms with Gasteiger partial charge in [0, 0.05) is 16.3 Å². The van der Waals surface area contributed by atoms with Crippen molar-refractivity contribution in [2.75, 3.05) is 0 Å². The minimum Gasteiger partial charge on any atom is -0.249 e. The molecule has 1 heterocycles.